The van der Waals surface area contributed by atoms with Crippen LogP contribution < -0.4 is 15.4 Å². The summed E-state index contributed by atoms with van der Waals surface area (Å²) in [4.78, 5) is 35.4. The topological polar surface area (TPSA) is 111 Å². The van der Waals surface area contributed by atoms with Crippen LogP contribution in [-0.2, 0) is 4.79 Å². The van der Waals surface area contributed by atoms with Gasteiger partial charge in [-0.05, 0) is 37.3 Å². The minimum Gasteiger partial charge on any atom is -0.483 e. The van der Waals surface area contributed by atoms with E-state index in [4.69, 9.17) is 4.74 Å². The Morgan fingerprint density at radius 3 is 2.37 bits per heavy atom. The average Bonchev–Trinajstić information content (AvgIpc) is 2.74. The maximum absolute atomic E-state index is 12.6. The minimum absolute atomic E-state index is 0.0864. The number of nitro benzene ring substituents is 1. The van der Waals surface area contributed by atoms with Crippen LogP contribution in [0.3, 0.4) is 0 Å². The van der Waals surface area contributed by atoms with Crippen molar-refractivity contribution in [1.29, 1.82) is 0 Å². The highest BCUT2D eigenvalue weighted by Gasteiger charge is 2.16. The molecule has 2 amide bonds. The second-order valence-corrected chi connectivity index (χ2v) is 6.36. The van der Waals surface area contributed by atoms with Crippen molar-refractivity contribution in [3.63, 3.8) is 0 Å². The van der Waals surface area contributed by atoms with Crippen LogP contribution in [0.15, 0.2) is 72.8 Å². The highest BCUT2D eigenvalue weighted by atomic mass is 16.6. The van der Waals surface area contributed by atoms with Crippen LogP contribution in [0.1, 0.15) is 15.9 Å². The van der Waals surface area contributed by atoms with E-state index in [9.17, 15) is 19.7 Å². The molecule has 0 radical (unpaired) electrons. The molecule has 2 N–H and O–H groups in total. The van der Waals surface area contributed by atoms with Crippen LogP contribution in [0.4, 0.5) is 17.1 Å². The Morgan fingerprint density at radius 2 is 1.63 bits per heavy atom. The van der Waals surface area contributed by atoms with E-state index < -0.39 is 10.8 Å². The molecule has 0 aliphatic carbocycles. The van der Waals surface area contributed by atoms with E-state index in [2.05, 4.69) is 10.6 Å². The van der Waals surface area contributed by atoms with Gasteiger partial charge in [0.15, 0.2) is 6.61 Å². The monoisotopic (exact) mass is 405 g/mol. The van der Waals surface area contributed by atoms with Gasteiger partial charge in [-0.2, -0.15) is 0 Å². The van der Waals surface area contributed by atoms with Crippen molar-refractivity contribution in [3.05, 3.63) is 94.0 Å². The lowest BCUT2D eigenvalue weighted by atomic mass is 10.1. The van der Waals surface area contributed by atoms with E-state index in [0.29, 0.717) is 16.9 Å². The van der Waals surface area contributed by atoms with Crippen molar-refractivity contribution < 1.29 is 19.2 Å². The van der Waals surface area contributed by atoms with Crippen LogP contribution in [0, 0.1) is 17.0 Å². The number of anilines is 2. The molecule has 0 aromatic heterocycles. The van der Waals surface area contributed by atoms with Gasteiger partial charge < -0.3 is 15.4 Å². The third-order valence-corrected chi connectivity index (χ3v) is 4.30. The number of nitro groups is 1. The number of nitrogens with zero attached hydrogens (tertiary/aromatic N) is 1. The summed E-state index contributed by atoms with van der Waals surface area (Å²) in [6.07, 6.45) is 0. The van der Waals surface area contributed by atoms with Crippen LogP contribution in [0.25, 0.3) is 0 Å². The Bertz CT molecular complexity index is 1080. The quantitative estimate of drug-likeness (QED) is 0.453. The Kier molecular flexibility index (Phi) is 6.39. The minimum atomic E-state index is -0.511. The van der Waals surface area contributed by atoms with Gasteiger partial charge in [0.05, 0.1) is 21.7 Å². The molecule has 0 bridgehead atoms. The number of benzene rings is 3. The van der Waals surface area contributed by atoms with E-state index in [1.165, 1.54) is 12.1 Å². The number of carbonyl (C=O) groups is 2. The summed E-state index contributed by atoms with van der Waals surface area (Å²) >= 11 is 0. The first-order valence-electron chi connectivity index (χ1n) is 9.08. The number of amides is 2. The SMILES string of the molecule is Cc1c(NC(=O)COc2ccccc2C(=O)Nc2ccccc2)cccc1[N+](=O)[O-]. The third-order valence-electron chi connectivity index (χ3n) is 4.30. The number of nitrogens with one attached hydrogen (secondary N) is 2. The molecule has 30 heavy (non-hydrogen) atoms. The predicted octanol–water partition coefficient (Wildman–Crippen LogP) is 4.17. The number of hydrogen-bond acceptors (Lipinski definition) is 5. The van der Waals surface area contributed by atoms with Crippen molar-refractivity contribution in [2.45, 2.75) is 6.92 Å². The van der Waals surface area contributed by atoms with Gasteiger partial charge in [-0.1, -0.05) is 36.4 Å². The third kappa shape index (κ3) is 4.99. The first-order valence-corrected chi connectivity index (χ1v) is 9.08. The van der Waals surface area contributed by atoms with Gasteiger partial charge in [-0.3, -0.25) is 19.7 Å². The van der Waals surface area contributed by atoms with Gasteiger partial charge in [0.1, 0.15) is 5.75 Å². The number of rotatable bonds is 7. The van der Waals surface area contributed by atoms with Gasteiger partial charge >= 0.3 is 0 Å². The van der Waals surface area contributed by atoms with Gasteiger partial charge in [-0.25, -0.2) is 0 Å². The number of carbonyl (C=O) groups excluding carboxylic acids is 2. The zero-order valence-electron chi connectivity index (χ0n) is 16.1. The number of hydrogen-bond donors (Lipinski definition) is 2. The Hall–Kier alpha value is -4.20. The van der Waals surface area contributed by atoms with E-state index >= 15 is 0 Å². The molecule has 0 aliphatic heterocycles. The fraction of sp³-hybridized carbons (Fsp3) is 0.0909. The largest absolute Gasteiger partial charge is 0.483 e. The van der Waals surface area contributed by atoms with E-state index in [1.807, 2.05) is 6.07 Å². The first-order chi connectivity index (χ1) is 14.5. The lowest BCUT2D eigenvalue weighted by molar-refractivity contribution is -0.385. The van der Waals surface area contributed by atoms with Crippen molar-refractivity contribution >= 4 is 28.9 Å². The molecule has 152 valence electrons. The summed E-state index contributed by atoms with van der Waals surface area (Å²) in [5.41, 5.74) is 1.50. The number of ether oxygens (including phenoxy) is 1. The molecule has 8 nitrogen and oxygen atoms in total. The zero-order chi connectivity index (χ0) is 21.5. The van der Waals surface area contributed by atoms with Crippen molar-refractivity contribution in [1.82, 2.24) is 0 Å². The van der Waals surface area contributed by atoms with Gasteiger partial charge in [0.2, 0.25) is 0 Å². The first kappa shape index (κ1) is 20.5. The van der Waals surface area contributed by atoms with Crippen molar-refractivity contribution in [3.8, 4) is 5.75 Å². The van der Waals surface area contributed by atoms with Gasteiger partial charge in [0.25, 0.3) is 17.5 Å². The van der Waals surface area contributed by atoms with Crippen LogP contribution in [-0.4, -0.2) is 23.3 Å². The Labute approximate surface area is 172 Å². The van der Waals surface area contributed by atoms with Crippen molar-refractivity contribution in [2.24, 2.45) is 0 Å². The molecule has 0 unspecified atom stereocenters. The maximum Gasteiger partial charge on any atom is 0.274 e. The lowest BCUT2D eigenvalue weighted by Crippen LogP contribution is -2.22. The molecule has 3 rings (SSSR count). The second kappa shape index (κ2) is 9.33. The molecule has 0 atom stereocenters. The van der Waals surface area contributed by atoms with Crippen LogP contribution in [0.5, 0.6) is 5.75 Å². The Morgan fingerprint density at radius 1 is 0.933 bits per heavy atom. The molecule has 0 heterocycles. The fourth-order valence-corrected chi connectivity index (χ4v) is 2.79. The summed E-state index contributed by atoms with van der Waals surface area (Å²) in [5.74, 6) is -0.625. The maximum atomic E-state index is 12.6. The summed E-state index contributed by atoms with van der Waals surface area (Å²) in [6.45, 7) is 1.19. The lowest BCUT2D eigenvalue weighted by Gasteiger charge is -2.12. The van der Waals surface area contributed by atoms with Crippen LogP contribution in [0.2, 0.25) is 0 Å². The zero-order valence-corrected chi connectivity index (χ0v) is 16.1. The fourth-order valence-electron chi connectivity index (χ4n) is 2.79. The van der Waals surface area contributed by atoms with Gasteiger partial charge in [-0.15, -0.1) is 0 Å². The normalized spacial score (nSPS) is 10.2. The van der Waals surface area contributed by atoms with E-state index in [0.717, 1.165) is 0 Å². The molecular formula is C22H19N3O5. The highest BCUT2D eigenvalue weighted by molar-refractivity contribution is 6.06. The summed E-state index contributed by atoms with van der Waals surface area (Å²) in [7, 11) is 0. The highest BCUT2D eigenvalue weighted by Crippen LogP contribution is 2.25. The molecule has 0 fully saturated rings. The van der Waals surface area contributed by atoms with Gasteiger partial charge in [0, 0.05) is 11.8 Å². The molecule has 3 aromatic carbocycles. The average molecular weight is 405 g/mol. The van der Waals surface area contributed by atoms with Crippen LogP contribution >= 0.6 is 0 Å². The molecule has 0 saturated carbocycles. The second-order valence-electron chi connectivity index (χ2n) is 6.36. The predicted molar refractivity (Wildman–Crippen MR) is 113 cm³/mol. The molecule has 0 saturated heterocycles. The number of para-hydroxylation sites is 2. The molecule has 0 aliphatic rings. The summed E-state index contributed by atoms with van der Waals surface area (Å²) in [6, 6.07) is 20.0. The molecular weight excluding hydrogens is 386 g/mol. The molecule has 0 spiro atoms. The summed E-state index contributed by atoms with van der Waals surface area (Å²) < 4.78 is 5.54. The smallest absolute Gasteiger partial charge is 0.274 e. The summed E-state index contributed by atoms with van der Waals surface area (Å²) in [5, 5.41) is 16.4. The molecule has 8 heteroatoms. The standard InChI is InChI=1S/C22H19N3O5/c1-15-18(11-7-12-19(15)25(28)29)24-21(26)14-30-20-13-6-5-10-17(20)22(27)23-16-8-3-2-4-9-16/h2-13H,14H2,1H3,(H,23,27)(H,24,26). The van der Waals surface area contributed by atoms with Crippen molar-refractivity contribution in [2.75, 3.05) is 17.2 Å². The Balaban J connectivity index is 1.66. The molecule has 3 aromatic rings. The van der Waals surface area contributed by atoms with E-state index in [-0.39, 0.29) is 29.5 Å². The van der Waals surface area contributed by atoms with E-state index in [1.54, 1.807) is 61.5 Å².